The quantitative estimate of drug-likeness (QED) is 0.649. The first-order valence-corrected chi connectivity index (χ1v) is 6.99. The summed E-state index contributed by atoms with van der Waals surface area (Å²) in [7, 11) is 2.13. The molecule has 1 aromatic carbocycles. The number of pyridine rings is 1. The van der Waals surface area contributed by atoms with Crippen LogP contribution in [0.1, 0.15) is 25.0 Å². The van der Waals surface area contributed by atoms with Gasteiger partial charge in [-0.05, 0) is 18.1 Å². The molecule has 20 heavy (non-hydrogen) atoms. The molecule has 0 amide bonds. The smallest absolute Gasteiger partial charge is 0.140 e. The number of fused-ring (bicyclic) bond motifs is 1. The Morgan fingerprint density at radius 3 is 2.75 bits per heavy atom. The van der Waals surface area contributed by atoms with Crippen molar-refractivity contribution in [1.82, 2.24) is 4.98 Å². The number of nitrogens with one attached hydrogen (secondary N) is 1. The summed E-state index contributed by atoms with van der Waals surface area (Å²) >= 11 is 0. The summed E-state index contributed by atoms with van der Waals surface area (Å²) < 4.78 is 0. The Balaban J connectivity index is 2.25. The van der Waals surface area contributed by atoms with Crippen molar-refractivity contribution >= 4 is 11.5 Å². The lowest BCUT2D eigenvalue weighted by atomic mass is 9.92. The van der Waals surface area contributed by atoms with Crippen LogP contribution < -0.4 is 16.2 Å². The van der Waals surface area contributed by atoms with Gasteiger partial charge >= 0.3 is 0 Å². The Morgan fingerprint density at radius 1 is 1.30 bits per heavy atom. The van der Waals surface area contributed by atoms with E-state index in [0.717, 1.165) is 24.5 Å². The minimum absolute atomic E-state index is 0.456. The Labute approximate surface area is 119 Å². The lowest BCUT2D eigenvalue weighted by molar-refractivity contribution is 0.620. The summed E-state index contributed by atoms with van der Waals surface area (Å²) in [6.07, 6.45) is 1.12. The van der Waals surface area contributed by atoms with Crippen molar-refractivity contribution in [3.63, 3.8) is 0 Å². The molecular weight excluding hydrogens is 248 g/mol. The topological polar surface area (TPSA) is 54.2 Å². The molecule has 3 rings (SSSR count). The fourth-order valence-corrected chi connectivity index (χ4v) is 2.85. The fraction of sp³-hybridized carbons (Fsp3) is 0.312. The number of hydrazine groups is 1. The minimum Gasteiger partial charge on any atom is -0.373 e. The molecule has 3 N–H and O–H groups in total. The summed E-state index contributed by atoms with van der Waals surface area (Å²) in [5, 5.41) is 0. The van der Waals surface area contributed by atoms with Gasteiger partial charge in [0, 0.05) is 25.1 Å². The van der Waals surface area contributed by atoms with E-state index >= 15 is 0 Å². The number of rotatable bonds is 2. The largest absolute Gasteiger partial charge is 0.373 e. The van der Waals surface area contributed by atoms with E-state index in [1.54, 1.807) is 0 Å². The molecule has 1 atom stereocenters. The number of hydrogen-bond donors (Lipinski definition) is 2. The maximum atomic E-state index is 5.58. The number of hydrogen-bond acceptors (Lipinski definition) is 4. The molecule has 0 fully saturated rings. The third-order valence-electron chi connectivity index (χ3n) is 4.00. The highest BCUT2D eigenvalue weighted by Gasteiger charge is 2.25. The van der Waals surface area contributed by atoms with Crippen LogP contribution in [0.3, 0.4) is 0 Å². The molecule has 0 saturated heterocycles. The van der Waals surface area contributed by atoms with Gasteiger partial charge in [0.1, 0.15) is 5.82 Å². The van der Waals surface area contributed by atoms with Crippen molar-refractivity contribution < 1.29 is 0 Å². The van der Waals surface area contributed by atoms with Crippen LogP contribution in [0.25, 0.3) is 11.1 Å². The Bertz CT molecular complexity index is 609. The molecular formula is C16H20N4. The van der Waals surface area contributed by atoms with Crippen molar-refractivity contribution in [2.24, 2.45) is 5.84 Å². The lowest BCUT2D eigenvalue weighted by Crippen LogP contribution is -2.28. The van der Waals surface area contributed by atoms with Gasteiger partial charge < -0.3 is 10.3 Å². The van der Waals surface area contributed by atoms with Gasteiger partial charge in [-0.2, -0.15) is 0 Å². The van der Waals surface area contributed by atoms with E-state index in [2.05, 4.69) is 53.5 Å². The van der Waals surface area contributed by atoms with Gasteiger partial charge in [-0.25, -0.2) is 10.8 Å². The van der Waals surface area contributed by atoms with Crippen molar-refractivity contribution in [3.05, 3.63) is 42.1 Å². The van der Waals surface area contributed by atoms with E-state index in [1.807, 2.05) is 12.1 Å². The van der Waals surface area contributed by atoms with E-state index < -0.39 is 0 Å². The van der Waals surface area contributed by atoms with E-state index in [1.165, 1.54) is 16.8 Å². The first kappa shape index (κ1) is 12.9. The van der Waals surface area contributed by atoms with Gasteiger partial charge in [-0.1, -0.05) is 37.3 Å². The molecule has 1 aliphatic rings. The maximum absolute atomic E-state index is 5.58. The number of aromatic nitrogens is 1. The lowest BCUT2D eigenvalue weighted by Gasteiger charge is -2.33. The van der Waals surface area contributed by atoms with Gasteiger partial charge in [0.25, 0.3) is 0 Å². The number of nitrogens with zero attached hydrogens (tertiary/aromatic N) is 2. The standard InChI is InChI=1S/C16H20N4/c1-11-8-9-20(2)16-13(12-6-4-3-5-7-12)10-14(19-17)18-15(11)16/h3-7,10-11H,8-9,17H2,1-2H3,(H,18,19). The van der Waals surface area contributed by atoms with E-state index in [9.17, 15) is 0 Å². The summed E-state index contributed by atoms with van der Waals surface area (Å²) in [6.45, 7) is 3.29. The average molecular weight is 268 g/mol. The van der Waals surface area contributed by atoms with Crippen LogP contribution in [0, 0.1) is 0 Å². The predicted octanol–water partition coefficient (Wildman–Crippen LogP) is 2.98. The average Bonchev–Trinajstić information content (AvgIpc) is 2.51. The fourth-order valence-electron chi connectivity index (χ4n) is 2.85. The Morgan fingerprint density at radius 2 is 2.05 bits per heavy atom. The molecule has 0 aliphatic carbocycles. The van der Waals surface area contributed by atoms with E-state index in [-0.39, 0.29) is 0 Å². The maximum Gasteiger partial charge on any atom is 0.140 e. The summed E-state index contributed by atoms with van der Waals surface area (Å²) in [4.78, 5) is 6.97. The summed E-state index contributed by atoms with van der Waals surface area (Å²) in [6, 6.07) is 12.4. The molecule has 1 aliphatic heterocycles. The molecule has 2 aromatic rings. The number of benzene rings is 1. The first-order valence-electron chi connectivity index (χ1n) is 6.99. The van der Waals surface area contributed by atoms with Crippen LogP contribution in [-0.4, -0.2) is 18.6 Å². The van der Waals surface area contributed by atoms with Crippen molar-refractivity contribution in [1.29, 1.82) is 0 Å². The highest BCUT2D eigenvalue weighted by atomic mass is 15.3. The molecule has 0 spiro atoms. The van der Waals surface area contributed by atoms with Gasteiger partial charge in [-0.15, -0.1) is 0 Å². The van der Waals surface area contributed by atoms with Crippen LogP contribution in [0.15, 0.2) is 36.4 Å². The van der Waals surface area contributed by atoms with Gasteiger partial charge in [-0.3, -0.25) is 0 Å². The van der Waals surface area contributed by atoms with Gasteiger partial charge in [0.15, 0.2) is 0 Å². The molecule has 4 heteroatoms. The highest BCUT2D eigenvalue weighted by molar-refractivity contribution is 5.83. The predicted molar refractivity (Wildman–Crippen MR) is 83.8 cm³/mol. The van der Waals surface area contributed by atoms with Crippen LogP contribution >= 0.6 is 0 Å². The van der Waals surface area contributed by atoms with E-state index in [4.69, 9.17) is 5.84 Å². The van der Waals surface area contributed by atoms with Crippen molar-refractivity contribution in [2.75, 3.05) is 23.9 Å². The minimum atomic E-state index is 0.456. The molecule has 0 bridgehead atoms. The monoisotopic (exact) mass is 268 g/mol. The second-order valence-electron chi connectivity index (χ2n) is 5.41. The second kappa shape index (κ2) is 5.13. The zero-order chi connectivity index (χ0) is 14.1. The normalized spacial score (nSPS) is 17.8. The molecule has 4 nitrogen and oxygen atoms in total. The number of nitrogen functional groups attached to an aromatic ring is 1. The van der Waals surface area contributed by atoms with Gasteiger partial charge in [0.05, 0.1) is 11.4 Å². The third-order valence-corrected chi connectivity index (χ3v) is 4.00. The molecule has 2 heterocycles. The number of nitrogens with two attached hydrogens (primary N) is 1. The molecule has 1 unspecified atom stereocenters. The molecule has 104 valence electrons. The molecule has 0 saturated carbocycles. The third kappa shape index (κ3) is 2.12. The van der Waals surface area contributed by atoms with E-state index in [0.29, 0.717) is 5.92 Å². The zero-order valence-corrected chi connectivity index (χ0v) is 11.9. The first-order chi connectivity index (χ1) is 9.70. The van der Waals surface area contributed by atoms with Crippen LogP contribution in [0.5, 0.6) is 0 Å². The van der Waals surface area contributed by atoms with Crippen molar-refractivity contribution in [2.45, 2.75) is 19.3 Å². The van der Waals surface area contributed by atoms with Crippen LogP contribution in [0.2, 0.25) is 0 Å². The van der Waals surface area contributed by atoms with Crippen molar-refractivity contribution in [3.8, 4) is 11.1 Å². The van der Waals surface area contributed by atoms with Gasteiger partial charge in [0.2, 0.25) is 0 Å². The second-order valence-corrected chi connectivity index (χ2v) is 5.41. The number of anilines is 2. The molecule has 0 radical (unpaired) electrons. The Kier molecular flexibility index (Phi) is 3.32. The van der Waals surface area contributed by atoms with Crippen LogP contribution in [-0.2, 0) is 0 Å². The highest BCUT2D eigenvalue weighted by Crippen LogP contribution is 2.41. The summed E-state index contributed by atoms with van der Waals surface area (Å²) in [5.74, 6) is 6.77. The summed E-state index contributed by atoms with van der Waals surface area (Å²) in [5.41, 5.74) is 7.45. The van der Waals surface area contributed by atoms with Crippen LogP contribution in [0.4, 0.5) is 11.5 Å². The molecule has 1 aromatic heterocycles. The SMILES string of the molecule is CC1CCN(C)c2c(-c3ccccc3)cc(NN)nc21. The zero-order valence-electron chi connectivity index (χ0n) is 11.9. The Hall–Kier alpha value is -2.07.